The first kappa shape index (κ1) is 25.8. The first-order valence-electron chi connectivity index (χ1n) is 12.2. The van der Waals surface area contributed by atoms with Gasteiger partial charge in [0, 0.05) is 38.1 Å². The van der Waals surface area contributed by atoms with Gasteiger partial charge in [-0.15, -0.1) is 0 Å². The van der Waals surface area contributed by atoms with Gasteiger partial charge in [0.2, 0.25) is 5.95 Å². The van der Waals surface area contributed by atoms with Crippen LogP contribution in [0.4, 0.5) is 17.5 Å². The molecule has 0 saturated carbocycles. The number of anilines is 3. The van der Waals surface area contributed by atoms with Crippen molar-refractivity contribution in [3.8, 4) is 0 Å². The molecule has 1 saturated heterocycles. The summed E-state index contributed by atoms with van der Waals surface area (Å²) in [5, 5.41) is 3.31. The first-order chi connectivity index (χ1) is 18.1. The highest BCUT2D eigenvalue weighted by molar-refractivity contribution is 5.99. The van der Waals surface area contributed by atoms with E-state index in [2.05, 4.69) is 10.3 Å². The number of methoxy groups -OCH3 is 1. The number of rotatable bonds is 10. The van der Waals surface area contributed by atoms with Gasteiger partial charge in [-0.3, -0.25) is 9.59 Å². The van der Waals surface area contributed by atoms with Gasteiger partial charge in [0.1, 0.15) is 11.4 Å². The van der Waals surface area contributed by atoms with Crippen LogP contribution in [0.2, 0.25) is 0 Å². The van der Waals surface area contributed by atoms with Gasteiger partial charge >= 0.3 is 5.97 Å². The van der Waals surface area contributed by atoms with Crippen molar-refractivity contribution in [3.63, 3.8) is 0 Å². The molecule has 9 heteroatoms. The summed E-state index contributed by atoms with van der Waals surface area (Å²) in [7, 11) is 1.35. The Morgan fingerprint density at radius 1 is 1.05 bits per heavy atom. The Morgan fingerprint density at radius 2 is 1.76 bits per heavy atom. The number of para-hydroxylation sites is 1. The van der Waals surface area contributed by atoms with Crippen molar-refractivity contribution in [2.24, 2.45) is 0 Å². The zero-order valence-electron chi connectivity index (χ0n) is 20.9. The molecular formula is C28H31N5O4. The molecule has 4 rings (SSSR count). The van der Waals surface area contributed by atoms with Gasteiger partial charge in [0.15, 0.2) is 0 Å². The number of benzene rings is 2. The van der Waals surface area contributed by atoms with Crippen molar-refractivity contribution in [1.82, 2.24) is 14.9 Å². The van der Waals surface area contributed by atoms with Crippen LogP contribution < -0.4 is 10.2 Å². The fourth-order valence-electron chi connectivity index (χ4n) is 3.86. The molecule has 0 spiro atoms. The minimum absolute atomic E-state index is 0.141. The number of nitrogens with one attached hydrogen (secondary N) is 1. The fourth-order valence-corrected chi connectivity index (χ4v) is 3.86. The molecule has 2 heterocycles. The number of nitrogens with zero attached hydrogens (tertiary/aromatic N) is 4. The summed E-state index contributed by atoms with van der Waals surface area (Å²) in [6.45, 7) is 3.27. The average Bonchev–Trinajstić information content (AvgIpc) is 2.95. The molecule has 0 radical (unpaired) electrons. The van der Waals surface area contributed by atoms with E-state index in [0.29, 0.717) is 56.7 Å². The van der Waals surface area contributed by atoms with Crippen molar-refractivity contribution in [3.05, 3.63) is 90.1 Å². The van der Waals surface area contributed by atoms with Crippen molar-refractivity contribution in [2.45, 2.75) is 13.0 Å². The minimum atomic E-state index is -0.335. The van der Waals surface area contributed by atoms with Crippen LogP contribution in [-0.2, 0) is 20.8 Å². The summed E-state index contributed by atoms with van der Waals surface area (Å²) in [5.41, 5.74) is 2.16. The predicted molar refractivity (Wildman–Crippen MR) is 142 cm³/mol. The van der Waals surface area contributed by atoms with Gasteiger partial charge < -0.3 is 24.6 Å². The van der Waals surface area contributed by atoms with Crippen LogP contribution in [0, 0.1) is 0 Å². The third-order valence-corrected chi connectivity index (χ3v) is 5.85. The van der Waals surface area contributed by atoms with E-state index < -0.39 is 0 Å². The Morgan fingerprint density at radius 3 is 2.46 bits per heavy atom. The number of carbonyl (C=O) groups excluding carboxylic acids is 2. The molecule has 0 aliphatic carbocycles. The zero-order valence-corrected chi connectivity index (χ0v) is 20.9. The van der Waals surface area contributed by atoms with Crippen LogP contribution in [0.5, 0.6) is 0 Å². The summed E-state index contributed by atoms with van der Waals surface area (Å²) in [4.78, 5) is 38.4. The molecule has 9 nitrogen and oxygen atoms in total. The highest BCUT2D eigenvalue weighted by atomic mass is 16.5. The summed E-state index contributed by atoms with van der Waals surface area (Å²) >= 11 is 0. The van der Waals surface area contributed by atoms with E-state index in [1.165, 1.54) is 7.11 Å². The number of hydrogen-bond donors (Lipinski definition) is 1. The van der Waals surface area contributed by atoms with Crippen molar-refractivity contribution in [2.75, 3.05) is 50.2 Å². The molecule has 1 aliphatic rings. The highest BCUT2D eigenvalue weighted by Gasteiger charge is 2.23. The lowest BCUT2D eigenvalue weighted by molar-refractivity contribution is -0.139. The van der Waals surface area contributed by atoms with E-state index >= 15 is 0 Å². The maximum atomic E-state index is 13.9. The maximum absolute atomic E-state index is 13.9. The Hall–Kier alpha value is -4.24. The van der Waals surface area contributed by atoms with Crippen LogP contribution >= 0.6 is 0 Å². The first-order valence-corrected chi connectivity index (χ1v) is 12.2. The van der Waals surface area contributed by atoms with Crippen molar-refractivity contribution >= 4 is 29.3 Å². The Labute approximate surface area is 216 Å². The van der Waals surface area contributed by atoms with E-state index in [1.807, 2.05) is 65.6 Å². The predicted octanol–water partition coefficient (Wildman–Crippen LogP) is 3.82. The van der Waals surface area contributed by atoms with E-state index in [4.69, 9.17) is 14.5 Å². The molecule has 2 aromatic carbocycles. The Bertz CT molecular complexity index is 1200. The summed E-state index contributed by atoms with van der Waals surface area (Å²) in [5.74, 6) is 0.423. The third kappa shape index (κ3) is 7.37. The normalized spacial score (nSPS) is 13.4. The smallest absolute Gasteiger partial charge is 0.309 e. The molecule has 1 N–H and O–H groups in total. The molecule has 1 aromatic heterocycles. The number of hydrogen-bond acceptors (Lipinski definition) is 8. The lowest BCUT2D eigenvalue weighted by atomic mass is 10.1. The second kappa shape index (κ2) is 13.2. The van der Waals surface area contributed by atoms with Gasteiger partial charge in [-0.25, -0.2) is 4.98 Å². The van der Waals surface area contributed by atoms with Crippen LogP contribution in [0.3, 0.4) is 0 Å². The SMILES string of the molecule is COC(=O)C/C=C/CN(Cc1ccccc1)C(=O)c1cnc(N2CCOCC2)nc1Nc1ccccc1. The topological polar surface area (TPSA) is 96.9 Å². The summed E-state index contributed by atoms with van der Waals surface area (Å²) < 4.78 is 10.2. The Kier molecular flexibility index (Phi) is 9.20. The molecule has 0 atom stereocenters. The lowest BCUT2D eigenvalue weighted by Gasteiger charge is -2.28. The van der Waals surface area contributed by atoms with E-state index in [-0.39, 0.29) is 18.3 Å². The van der Waals surface area contributed by atoms with E-state index in [1.54, 1.807) is 23.2 Å². The highest BCUT2D eigenvalue weighted by Crippen LogP contribution is 2.24. The standard InChI is InChI=1S/C28H31N5O4/c1-36-25(34)14-8-9-15-33(21-22-10-4-2-5-11-22)27(35)24-20-29-28(32-16-18-37-19-17-32)31-26(24)30-23-12-6-3-7-13-23/h2-13,20H,14-19,21H2,1H3,(H,29,30,31)/b9-8+. The van der Waals surface area contributed by atoms with E-state index in [9.17, 15) is 9.59 Å². The summed E-state index contributed by atoms with van der Waals surface area (Å²) in [6.07, 6.45) is 5.23. The van der Waals surface area contributed by atoms with Gasteiger partial charge in [0.05, 0.1) is 26.7 Å². The van der Waals surface area contributed by atoms with Gasteiger partial charge in [-0.2, -0.15) is 4.98 Å². The maximum Gasteiger partial charge on any atom is 0.309 e. The number of ether oxygens (including phenoxy) is 2. The van der Waals surface area contributed by atoms with Crippen LogP contribution in [0.1, 0.15) is 22.3 Å². The number of morpholine rings is 1. The molecule has 1 aliphatic heterocycles. The zero-order chi connectivity index (χ0) is 25.9. The monoisotopic (exact) mass is 501 g/mol. The number of esters is 1. The summed E-state index contributed by atoms with van der Waals surface area (Å²) in [6, 6.07) is 19.4. The average molecular weight is 502 g/mol. The lowest BCUT2D eigenvalue weighted by Crippen LogP contribution is -2.37. The van der Waals surface area contributed by atoms with Crippen LogP contribution in [-0.4, -0.2) is 66.7 Å². The Balaban J connectivity index is 1.64. The molecule has 37 heavy (non-hydrogen) atoms. The molecule has 192 valence electrons. The van der Waals surface area contributed by atoms with E-state index in [0.717, 1.165) is 11.3 Å². The molecular weight excluding hydrogens is 470 g/mol. The van der Waals surface area contributed by atoms with Gasteiger partial charge in [-0.05, 0) is 17.7 Å². The van der Waals surface area contributed by atoms with Crippen molar-refractivity contribution < 1.29 is 19.1 Å². The molecule has 1 fully saturated rings. The van der Waals surface area contributed by atoms with Gasteiger partial charge in [0.25, 0.3) is 5.91 Å². The van der Waals surface area contributed by atoms with Gasteiger partial charge in [-0.1, -0.05) is 60.7 Å². The molecule has 3 aromatic rings. The second-order valence-corrected chi connectivity index (χ2v) is 8.45. The molecule has 0 bridgehead atoms. The molecule has 1 amide bonds. The quantitative estimate of drug-likeness (QED) is 0.331. The number of aromatic nitrogens is 2. The number of carbonyl (C=O) groups is 2. The minimum Gasteiger partial charge on any atom is -0.469 e. The van der Waals surface area contributed by atoms with Crippen LogP contribution in [0.15, 0.2) is 79.0 Å². The number of amides is 1. The van der Waals surface area contributed by atoms with Crippen molar-refractivity contribution in [1.29, 1.82) is 0 Å². The van der Waals surface area contributed by atoms with Crippen LogP contribution in [0.25, 0.3) is 0 Å². The largest absolute Gasteiger partial charge is 0.469 e. The molecule has 0 unspecified atom stereocenters. The second-order valence-electron chi connectivity index (χ2n) is 8.45. The fraction of sp³-hybridized carbons (Fsp3) is 0.286. The third-order valence-electron chi connectivity index (χ3n) is 5.85.